The van der Waals surface area contributed by atoms with Gasteiger partial charge in [-0.2, -0.15) is 4.98 Å². The first-order valence-electron chi connectivity index (χ1n) is 8.55. The van der Waals surface area contributed by atoms with E-state index in [4.69, 9.17) is 20.8 Å². The number of halogens is 2. The molecular weight excluding hydrogens is 468 g/mol. The van der Waals surface area contributed by atoms with Crippen molar-refractivity contribution < 1.29 is 17.6 Å². The van der Waals surface area contributed by atoms with E-state index in [1.165, 1.54) is 12.1 Å². The van der Waals surface area contributed by atoms with E-state index in [1.54, 1.807) is 12.1 Å². The number of hydrogen-bond acceptors (Lipinski definition) is 6. The number of nitrogens with zero attached hydrogens (tertiary/aromatic N) is 2. The second-order valence-corrected chi connectivity index (χ2v) is 9.41. The van der Waals surface area contributed by atoms with Crippen LogP contribution < -0.4 is 4.90 Å². The van der Waals surface area contributed by atoms with Crippen LogP contribution in [0.15, 0.2) is 67.3 Å². The maximum Gasteiger partial charge on any atom is 0.236 e. The van der Waals surface area contributed by atoms with E-state index in [2.05, 4.69) is 20.9 Å². The quantitative estimate of drug-likeness (QED) is 0.547. The van der Waals surface area contributed by atoms with Gasteiger partial charge in [-0.05, 0) is 48.5 Å². The molecule has 6 nitrogen and oxygen atoms in total. The van der Waals surface area contributed by atoms with Crippen LogP contribution in [-0.2, 0) is 14.6 Å². The third-order valence-electron chi connectivity index (χ3n) is 4.35. The zero-order chi connectivity index (χ0) is 19.7. The summed E-state index contributed by atoms with van der Waals surface area (Å²) < 4.78 is 38.8. The molecule has 1 aliphatic rings. The second-order valence-electron chi connectivity index (χ2n) is 6.19. The molecule has 0 bridgehead atoms. The molecule has 0 atom stereocenters. The Balaban J connectivity index is 1.84. The summed E-state index contributed by atoms with van der Waals surface area (Å²) in [6.07, 6.45) is 0. The average molecular weight is 484 g/mol. The van der Waals surface area contributed by atoms with E-state index >= 15 is 0 Å². The molecule has 9 heteroatoms. The molecular formula is C19H16BrClN2O4S. The molecule has 1 fully saturated rings. The Kier molecular flexibility index (Phi) is 5.46. The molecule has 1 aromatic heterocycles. The predicted octanol–water partition coefficient (Wildman–Crippen LogP) is 4.43. The lowest BCUT2D eigenvalue weighted by atomic mass is 10.2. The molecule has 0 amide bonds. The minimum Gasteiger partial charge on any atom is -0.419 e. The van der Waals surface area contributed by atoms with Crippen LogP contribution in [0.25, 0.3) is 11.5 Å². The average Bonchev–Trinajstić information content (AvgIpc) is 3.16. The highest BCUT2D eigenvalue weighted by Crippen LogP contribution is 2.35. The normalized spacial score (nSPS) is 15.0. The van der Waals surface area contributed by atoms with Gasteiger partial charge in [-0.25, -0.2) is 8.42 Å². The highest BCUT2D eigenvalue weighted by Gasteiger charge is 2.32. The highest BCUT2D eigenvalue weighted by molar-refractivity contribution is 9.10. The van der Waals surface area contributed by atoms with Crippen molar-refractivity contribution in [1.82, 2.24) is 4.98 Å². The van der Waals surface area contributed by atoms with Gasteiger partial charge < -0.3 is 14.1 Å². The van der Waals surface area contributed by atoms with Crippen molar-refractivity contribution in [2.45, 2.75) is 9.92 Å². The van der Waals surface area contributed by atoms with Gasteiger partial charge in [0.2, 0.25) is 26.6 Å². The van der Waals surface area contributed by atoms with E-state index in [0.29, 0.717) is 36.9 Å². The first kappa shape index (κ1) is 19.4. The van der Waals surface area contributed by atoms with Gasteiger partial charge in [-0.1, -0.05) is 27.5 Å². The number of benzene rings is 2. The van der Waals surface area contributed by atoms with E-state index in [0.717, 1.165) is 4.47 Å². The predicted molar refractivity (Wildman–Crippen MR) is 110 cm³/mol. The van der Waals surface area contributed by atoms with Crippen LogP contribution in [-0.4, -0.2) is 39.7 Å². The first-order valence-corrected chi connectivity index (χ1v) is 11.2. The van der Waals surface area contributed by atoms with Crippen molar-refractivity contribution in [2.24, 2.45) is 0 Å². The van der Waals surface area contributed by atoms with Crippen LogP contribution in [0.2, 0.25) is 5.02 Å². The monoisotopic (exact) mass is 482 g/mol. The van der Waals surface area contributed by atoms with Crippen molar-refractivity contribution in [3.8, 4) is 11.5 Å². The number of sulfone groups is 1. The van der Waals surface area contributed by atoms with Crippen LogP contribution in [0.1, 0.15) is 0 Å². The number of ether oxygens (including phenoxy) is 1. The van der Waals surface area contributed by atoms with Gasteiger partial charge >= 0.3 is 0 Å². The van der Waals surface area contributed by atoms with E-state index < -0.39 is 9.84 Å². The molecule has 2 aromatic carbocycles. The second kappa shape index (κ2) is 7.87. The topological polar surface area (TPSA) is 72.6 Å². The Morgan fingerprint density at radius 3 is 2.29 bits per heavy atom. The Hall–Kier alpha value is -1.87. The Labute approximate surface area is 176 Å². The number of anilines is 1. The van der Waals surface area contributed by atoms with Crippen LogP contribution in [0, 0.1) is 0 Å². The third kappa shape index (κ3) is 3.82. The van der Waals surface area contributed by atoms with Crippen LogP contribution in [0.3, 0.4) is 0 Å². The SMILES string of the molecule is O=S(=O)(c1ccc(Cl)cc1)c1nc(-c2ccc(Br)cc2)oc1N1CCOCC1. The van der Waals surface area contributed by atoms with E-state index in [-0.39, 0.29) is 21.7 Å². The van der Waals surface area contributed by atoms with Gasteiger partial charge in [0.05, 0.1) is 18.1 Å². The van der Waals surface area contributed by atoms with Gasteiger partial charge in [-0.15, -0.1) is 0 Å². The molecule has 0 unspecified atom stereocenters. The largest absolute Gasteiger partial charge is 0.419 e. The standard InChI is InChI=1S/C19H16BrClN2O4S/c20-14-3-1-13(2-4-14)17-22-18(19(27-17)23-9-11-26-12-10-23)28(24,25)16-7-5-15(21)6-8-16/h1-8H,9-12H2. The lowest BCUT2D eigenvalue weighted by molar-refractivity contribution is 0.120. The number of morpholine rings is 1. The smallest absolute Gasteiger partial charge is 0.236 e. The van der Waals surface area contributed by atoms with Crippen LogP contribution >= 0.6 is 27.5 Å². The van der Waals surface area contributed by atoms with E-state index in [9.17, 15) is 8.42 Å². The molecule has 1 saturated heterocycles. The van der Waals surface area contributed by atoms with Gasteiger partial charge in [0.1, 0.15) is 0 Å². The van der Waals surface area contributed by atoms with Crippen molar-refractivity contribution in [3.05, 3.63) is 58.0 Å². The van der Waals surface area contributed by atoms with Gasteiger partial charge in [-0.3, -0.25) is 0 Å². The zero-order valence-corrected chi connectivity index (χ0v) is 17.8. The molecule has 0 aliphatic carbocycles. The minimum absolute atomic E-state index is 0.102. The van der Waals surface area contributed by atoms with Crippen molar-refractivity contribution in [2.75, 3.05) is 31.2 Å². The summed E-state index contributed by atoms with van der Waals surface area (Å²) in [6.45, 7) is 2.04. The molecule has 0 radical (unpaired) electrons. The summed E-state index contributed by atoms with van der Waals surface area (Å²) in [5, 5.41) is 0.359. The zero-order valence-electron chi connectivity index (χ0n) is 14.6. The maximum absolute atomic E-state index is 13.3. The molecule has 4 rings (SSSR count). The maximum atomic E-state index is 13.3. The Morgan fingerprint density at radius 1 is 1.00 bits per heavy atom. The summed E-state index contributed by atoms with van der Waals surface area (Å²) in [7, 11) is -3.89. The fourth-order valence-electron chi connectivity index (χ4n) is 2.88. The molecule has 0 saturated carbocycles. The summed E-state index contributed by atoms with van der Waals surface area (Å²) in [4.78, 5) is 6.33. The summed E-state index contributed by atoms with van der Waals surface area (Å²) >= 11 is 9.29. The summed E-state index contributed by atoms with van der Waals surface area (Å²) in [5.74, 6) is 0.484. The molecule has 0 spiro atoms. The van der Waals surface area contributed by atoms with Crippen LogP contribution in [0.4, 0.5) is 5.88 Å². The lowest BCUT2D eigenvalue weighted by Crippen LogP contribution is -2.36. The third-order valence-corrected chi connectivity index (χ3v) is 6.80. The van der Waals surface area contributed by atoms with Crippen molar-refractivity contribution in [1.29, 1.82) is 0 Å². The number of hydrogen-bond donors (Lipinski definition) is 0. The molecule has 2 heterocycles. The minimum atomic E-state index is -3.89. The summed E-state index contributed by atoms with van der Waals surface area (Å²) in [6, 6.07) is 13.3. The number of rotatable bonds is 4. The number of aromatic nitrogens is 1. The summed E-state index contributed by atoms with van der Waals surface area (Å²) in [5.41, 5.74) is 0.690. The molecule has 0 N–H and O–H groups in total. The van der Waals surface area contributed by atoms with E-state index in [1.807, 2.05) is 29.2 Å². The van der Waals surface area contributed by atoms with Gasteiger partial charge in [0.25, 0.3) is 0 Å². The van der Waals surface area contributed by atoms with Gasteiger partial charge in [0, 0.05) is 28.1 Å². The molecule has 3 aromatic rings. The molecule has 1 aliphatic heterocycles. The fourth-order valence-corrected chi connectivity index (χ4v) is 4.59. The Bertz CT molecular complexity index is 1080. The molecule has 146 valence electrons. The van der Waals surface area contributed by atoms with Crippen molar-refractivity contribution in [3.63, 3.8) is 0 Å². The Morgan fingerprint density at radius 2 is 1.64 bits per heavy atom. The highest BCUT2D eigenvalue weighted by atomic mass is 79.9. The lowest BCUT2D eigenvalue weighted by Gasteiger charge is -2.26. The fraction of sp³-hybridized carbons (Fsp3) is 0.211. The molecule has 28 heavy (non-hydrogen) atoms. The first-order chi connectivity index (χ1) is 13.4. The van der Waals surface area contributed by atoms with Crippen LogP contribution in [0.5, 0.6) is 0 Å². The van der Waals surface area contributed by atoms with Crippen molar-refractivity contribution >= 4 is 43.3 Å². The van der Waals surface area contributed by atoms with Gasteiger partial charge in [0.15, 0.2) is 0 Å². The number of oxazole rings is 1.